The standard InChI is InChI=1S/C22H30N3O3P/c1-6-12-23-16(4)24(5)13-17-8-7-9-18-20(17)21(28)25(22(18)29)19(15(3)27)11-10-14(2)26/h7-9,19,23,29H,4,6,10-13H2,1-3,5H3. The molecule has 1 atom stereocenters. The van der Waals surface area contributed by atoms with Crippen molar-refractivity contribution in [2.24, 2.45) is 0 Å². The van der Waals surface area contributed by atoms with E-state index in [1.54, 1.807) is 0 Å². The Morgan fingerprint density at radius 2 is 2.00 bits per heavy atom. The van der Waals surface area contributed by atoms with Crippen LogP contribution < -0.4 is 5.32 Å². The van der Waals surface area contributed by atoms with Gasteiger partial charge in [-0.15, -0.1) is 0 Å². The van der Waals surface area contributed by atoms with E-state index in [0.29, 0.717) is 23.9 Å². The predicted octanol–water partition coefficient (Wildman–Crippen LogP) is 2.99. The van der Waals surface area contributed by atoms with Crippen molar-refractivity contribution in [2.75, 3.05) is 13.6 Å². The van der Waals surface area contributed by atoms with Crippen molar-refractivity contribution in [3.63, 3.8) is 0 Å². The highest BCUT2D eigenvalue weighted by molar-refractivity contribution is 7.22. The maximum Gasteiger partial charge on any atom is 0.260 e. The van der Waals surface area contributed by atoms with Crippen LogP contribution in [0, 0.1) is 0 Å². The van der Waals surface area contributed by atoms with E-state index in [4.69, 9.17) is 0 Å². The number of Topliss-reactive ketones (excluding diaryl/α,β-unsaturated/α-hetero) is 2. The quantitative estimate of drug-likeness (QED) is 0.563. The molecule has 1 aromatic rings. The van der Waals surface area contributed by atoms with Crippen molar-refractivity contribution < 1.29 is 14.4 Å². The monoisotopic (exact) mass is 415 g/mol. The summed E-state index contributed by atoms with van der Waals surface area (Å²) in [5.74, 6) is 0.428. The van der Waals surface area contributed by atoms with Crippen LogP contribution in [0.1, 0.15) is 61.5 Å². The summed E-state index contributed by atoms with van der Waals surface area (Å²) in [4.78, 5) is 40.5. The normalized spacial score (nSPS) is 13.9. The van der Waals surface area contributed by atoms with Crippen LogP contribution in [0.3, 0.4) is 0 Å². The maximum absolute atomic E-state index is 13.3. The number of carbonyl (C=O) groups is 3. The average molecular weight is 415 g/mol. The molecule has 0 bridgehead atoms. The van der Waals surface area contributed by atoms with Gasteiger partial charge >= 0.3 is 0 Å². The van der Waals surface area contributed by atoms with Gasteiger partial charge in [0.25, 0.3) is 5.91 Å². The number of nitrogens with one attached hydrogen (secondary N) is 1. The molecule has 0 aliphatic carbocycles. The predicted molar refractivity (Wildman–Crippen MR) is 118 cm³/mol. The molecule has 0 spiro atoms. The number of nitrogens with zero attached hydrogens (tertiary/aromatic N) is 2. The zero-order valence-corrected chi connectivity index (χ0v) is 18.7. The minimum absolute atomic E-state index is 0.00340. The van der Waals surface area contributed by atoms with Crippen molar-refractivity contribution in [3.05, 3.63) is 47.3 Å². The number of amides is 1. The minimum Gasteiger partial charge on any atom is -0.372 e. The number of hydrogen-bond donors (Lipinski definition) is 1. The van der Waals surface area contributed by atoms with Crippen LogP contribution in [0.15, 0.2) is 30.6 Å². The Labute approximate surface area is 175 Å². The summed E-state index contributed by atoms with van der Waals surface area (Å²) in [5, 5.41) is 3.25. The van der Waals surface area contributed by atoms with E-state index in [1.807, 2.05) is 30.1 Å². The molecule has 7 heteroatoms. The fourth-order valence-corrected chi connectivity index (χ4v) is 3.91. The molecule has 1 aliphatic heterocycles. The largest absolute Gasteiger partial charge is 0.372 e. The molecule has 1 N–H and O–H groups in total. The van der Waals surface area contributed by atoms with Gasteiger partial charge in [-0.3, -0.25) is 14.5 Å². The lowest BCUT2D eigenvalue weighted by Crippen LogP contribution is -2.43. The number of ketones is 2. The number of rotatable bonds is 11. The van der Waals surface area contributed by atoms with Gasteiger partial charge in [0.1, 0.15) is 5.78 Å². The van der Waals surface area contributed by atoms with Gasteiger partial charge in [0.2, 0.25) is 0 Å². The van der Waals surface area contributed by atoms with Gasteiger partial charge < -0.3 is 15.0 Å². The lowest BCUT2D eigenvalue weighted by atomic mass is 10.0. The molecule has 0 radical (unpaired) electrons. The van der Waals surface area contributed by atoms with Crippen molar-refractivity contribution in [1.82, 2.24) is 15.1 Å². The highest BCUT2D eigenvalue weighted by Crippen LogP contribution is 2.31. The maximum atomic E-state index is 13.3. The molecule has 6 nitrogen and oxygen atoms in total. The van der Waals surface area contributed by atoms with Crippen molar-refractivity contribution >= 4 is 31.8 Å². The number of fused-ring (bicyclic) bond motifs is 1. The van der Waals surface area contributed by atoms with Crippen LogP contribution in [-0.4, -0.2) is 52.3 Å². The van der Waals surface area contributed by atoms with Gasteiger partial charge in [-0.25, -0.2) is 0 Å². The topological polar surface area (TPSA) is 69.7 Å². The number of benzene rings is 1. The highest BCUT2D eigenvalue weighted by atomic mass is 31.0. The van der Waals surface area contributed by atoms with E-state index < -0.39 is 6.04 Å². The zero-order valence-electron chi connectivity index (χ0n) is 17.7. The van der Waals surface area contributed by atoms with E-state index in [-0.39, 0.29) is 23.9 Å². The van der Waals surface area contributed by atoms with Crippen LogP contribution in [0.4, 0.5) is 0 Å². The molecular formula is C22H30N3O3P. The molecule has 1 aromatic carbocycles. The molecular weight excluding hydrogens is 385 g/mol. The molecule has 2 rings (SSSR count). The summed E-state index contributed by atoms with van der Waals surface area (Å²) in [6.07, 6.45) is 1.56. The Bertz CT molecular complexity index is 850. The molecule has 1 amide bonds. The minimum atomic E-state index is -0.668. The highest BCUT2D eigenvalue weighted by Gasteiger charge is 2.39. The first-order valence-corrected chi connectivity index (χ1v) is 10.4. The van der Waals surface area contributed by atoms with Crippen LogP contribution in [-0.2, 0) is 16.1 Å². The summed E-state index contributed by atoms with van der Waals surface area (Å²) in [5.41, 5.74) is 2.78. The summed E-state index contributed by atoms with van der Waals surface area (Å²) in [6.45, 7) is 10.4. The molecule has 0 fully saturated rings. The van der Waals surface area contributed by atoms with Crippen molar-refractivity contribution in [2.45, 2.75) is 52.6 Å². The third-order valence-corrected chi connectivity index (χ3v) is 5.59. The second-order valence-corrected chi connectivity index (χ2v) is 7.93. The molecule has 29 heavy (non-hydrogen) atoms. The summed E-state index contributed by atoms with van der Waals surface area (Å²) in [7, 11) is 5.51. The van der Waals surface area contributed by atoms with Crippen LogP contribution in [0.2, 0.25) is 0 Å². The Kier molecular flexibility index (Phi) is 7.74. The molecule has 1 heterocycles. The van der Waals surface area contributed by atoms with E-state index in [1.165, 1.54) is 18.7 Å². The van der Waals surface area contributed by atoms with Crippen LogP contribution in [0.5, 0.6) is 0 Å². The van der Waals surface area contributed by atoms with Crippen molar-refractivity contribution in [1.29, 1.82) is 0 Å². The van der Waals surface area contributed by atoms with E-state index in [9.17, 15) is 14.4 Å². The molecule has 1 unspecified atom stereocenters. The second-order valence-electron chi connectivity index (χ2n) is 7.46. The van der Waals surface area contributed by atoms with E-state index in [0.717, 1.165) is 29.9 Å². The molecule has 1 aliphatic rings. The average Bonchev–Trinajstić information content (AvgIpc) is 2.91. The first-order chi connectivity index (χ1) is 13.7. The Morgan fingerprint density at radius 1 is 1.31 bits per heavy atom. The van der Waals surface area contributed by atoms with Crippen molar-refractivity contribution in [3.8, 4) is 0 Å². The molecule has 0 saturated heterocycles. The van der Waals surface area contributed by atoms with Gasteiger partial charge in [-0.05, 0) is 32.3 Å². The second kappa shape index (κ2) is 9.84. The van der Waals surface area contributed by atoms with E-state index in [2.05, 4.69) is 27.7 Å². The Balaban J connectivity index is 2.31. The first-order valence-electron chi connectivity index (χ1n) is 9.87. The molecule has 156 valence electrons. The first kappa shape index (κ1) is 22.8. The molecule has 0 aromatic heterocycles. The number of hydrogen-bond acceptors (Lipinski definition) is 5. The number of carbonyl (C=O) groups excluding carboxylic acids is 3. The summed E-state index contributed by atoms with van der Waals surface area (Å²) in [6, 6.07) is 5.02. The summed E-state index contributed by atoms with van der Waals surface area (Å²) < 4.78 is 0. The third kappa shape index (κ3) is 5.13. The van der Waals surface area contributed by atoms with E-state index >= 15 is 0 Å². The van der Waals surface area contributed by atoms with Crippen LogP contribution >= 0.6 is 8.86 Å². The zero-order chi connectivity index (χ0) is 21.7. The lowest BCUT2D eigenvalue weighted by Gasteiger charge is -2.26. The Morgan fingerprint density at radius 3 is 2.59 bits per heavy atom. The lowest BCUT2D eigenvalue weighted by molar-refractivity contribution is -0.121. The summed E-state index contributed by atoms with van der Waals surface area (Å²) >= 11 is 0. The fraction of sp³-hybridized carbons (Fsp3) is 0.455. The van der Waals surface area contributed by atoms with Gasteiger partial charge in [-0.2, -0.15) is 0 Å². The van der Waals surface area contributed by atoms with Gasteiger partial charge in [0.15, 0.2) is 5.78 Å². The smallest absolute Gasteiger partial charge is 0.260 e. The van der Waals surface area contributed by atoms with Gasteiger partial charge in [0.05, 0.1) is 22.8 Å². The Hall–Kier alpha value is -2.46. The SMILES string of the molecule is C=C(NCCC)N(C)Cc1cccc2c1C(=O)N(C(CCC(C)=O)C(C)=O)C2=P. The molecule has 0 saturated carbocycles. The van der Waals surface area contributed by atoms with Crippen LogP contribution in [0.25, 0.3) is 0 Å². The van der Waals surface area contributed by atoms with Gasteiger partial charge in [-0.1, -0.05) is 40.6 Å². The fourth-order valence-electron chi connectivity index (χ4n) is 3.44. The van der Waals surface area contributed by atoms with Gasteiger partial charge in [0, 0.05) is 32.1 Å². The third-order valence-electron chi connectivity index (χ3n) is 5.08.